The molecule has 0 aliphatic carbocycles. The molecule has 3 rings (SSSR count). The van der Waals surface area contributed by atoms with Crippen molar-refractivity contribution in [3.8, 4) is 0 Å². The van der Waals surface area contributed by atoms with Gasteiger partial charge in [0.1, 0.15) is 5.82 Å². The number of amides is 1. The second kappa shape index (κ2) is 7.72. The van der Waals surface area contributed by atoms with Crippen LogP contribution in [-0.4, -0.2) is 44.3 Å². The first-order valence-corrected chi connectivity index (χ1v) is 9.02. The lowest BCUT2D eigenvalue weighted by Crippen LogP contribution is -2.51. The van der Waals surface area contributed by atoms with Gasteiger partial charge in [0.15, 0.2) is 0 Å². The molecule has 2 unspecified atom stereocenters. The molecule has 8 heteroatoms. The Balaban J connectivity index is 1.57. The van der Waals surface area contributed by atoms with Crippen molar-refractivity contribution in [1.29, 1.82) is 0 Å². The van der Waals surface area contributed by atoms with Gasteiger partial charge in [-0.25, -0.2) is 4.98 Å². The van der Waals surface area contributed by atoms with Crippen LogP contribution in [0.1, 0.15) is 37.6 Å². The van der Waals surface area contributed by atoms with Gasteiger partial charge in [-0.05, 0) is 32.8 Å². The van der Waals surface area contributed by atoms with Crippen molar-refractivity contribution < 1.29 is 4.79 Å². The summed E-state index contributed by atoms with van der Waals surface area (Å²) in [7, 11) is 1.68. The van der Waals surface area contributed by atoms with Crippen LogP contribution < -0.4 is 15.8 Å². The topological polar surface area (TPSA) is 95.9 Å². The number of nitrogens with one attached hydrogen (secondary N) is 2. The number of H-pyrrole nitrogens is 1. The van der Waals surface area contributed by atoms with Crippen LogP contribution in [-0.2, 0) is 18.3 Å². The summed E-state index contributed by atoms with van der Waals surface area (Å²) >= 11 is 0. The normalized spacial score (nSPS) is 20.2. The third kappa shape index (κ3) is 4.30. The van der Waals surface area contributed by atoms with Crippen molar-refractivity contribution in [3.05, 3.63) is 40.2 Å². The summed E-state index contributed by atoms with van der Waals surface area (Å²) in [4.78, 5) is 30.6. The average molecular weight is 358 g/mol. The maximum Gasteiger partial charge on any atom is 0.255 e. The van der Waals surface area contributed by atoms with Gasteiger partial charge in [-0.3, -0.25) is 14.7 Å². The van der Waals surface area contributed by atoms with E-state index in [1.165, 1.54) is 4.57 Å². The van der Waals surface area contributed by atoms with Gasteiger partial charge in [-0.15, -0.1) is 0 Å². The van der Waals surface area contributed by atoms with Crippen LogP contribution >= 0.6 is 0 Å². The molecule has 1 fully saturated rings. The Morgan fingerprint density at radius 2 is 2.19 bits per heavy atom. The lowest BCUT2D eigenvalue weighted by molar-refractivity contribution is -0.121. The zero-order valence-electron chi connectivity index (χ0n) is 15.5. The fraction of sp³-hybridized carbons (Fsp3) is 0.556. The van der Waals surface area contributed by atoms with Crippen molar-refractivity contribution in [1.82, 2.24) is 25.1 Å². The number of aromatic nitrogens is 4. The monoisotopic (exact) mass is 358 g/mol. The highest BCUT2D eigenvalue weighted by Crippen LogP contribution is 2.22. The van der Waals surface area contributed by atoms with Gasteiger partial charge < -0.3 is 14.8 Å². The molecular weight excluding hydrogens is 332 g/mol. The van der Waals surface area contributed by atoms with Crippen molar-refractivity contribution in [2.75, 3.05) is 11.4 Å². The van der Waals surface area contributed by atoms with Crippen LogP contribution in [0.5, 0.6) is 0 Å². The lowest BCUT2D eigenvalue weighted by Gasteiger charge is -2.39. The van der Waals surface area contributed by atoms with Gasteiger partial charge >= 0.3 is 0 Å². The smallest absolute Gasteiger partial charge is 0.255 e. The minimum Gasteiger partial charge on any atom is -0.352 e. The largest absolute Gasteiger partial charge is 0.352 e. The Labute approximate surface area is 152 Å². The van der Waals surface area contributed by atoms with Crippen LogP contribution in [0.15, 0.2) is 23.3 Å². The minimum atomic E-state index is -0.0809. The van der Waals surface area contributed by atoms with E-state index in [4.69, 9.17) is 0 Å². The second-order valence-corrected chi connectivity index (χ2v) is 7.08. The first-order valence-electron chi connectivity index (χ1n) is 9.02. The van der Waals surface area contributed by atoms with E-state index in [0.717, 1.165) is 24.2 Å². The third-order valence-electron chi connectivity index (χ3n) is 4.87. The number of carbonyl (C=O) groups is 1. The molecule has 0 radical (unpaired) electrons. The number of piperidine rings is 1. The van der Waals surface area contributed by atoms with Crippen molar-refractivity contribution in [3.63, 3.8) is 0 Å². The van der Waals surface area contributed by atoms with Gasteiger partial charge in [0.05, 0.1) is 12.0 Å². The number of hydrogen-bond acceptors (Lipinski definition) is 5. The molecule has 0 saturated carbocycles. The fourth-order valence-electron chi connectivity index (χ4n) is 3.30. The van der Waals surface area contributed by atoms with E-state index < -0.39 is 0 Å². The van der Waals surface area contributed by atoms with E-state index in [2.05, 4.69) is 32.3 Å². The highest BCUT2D eigenvalue weighted by Gasteiger charge is 2.27. The Bertz CT molecular complexity index is 827. The van der Waals surface area contributed by atoms with Crippen LogP contribution in [0.25, 0.3) is 0 Å². The van der Waals surface area contributed by atoms with Gasteiger partial charge in [0.25, 0.3) is 5.56 Å². The molecule has 1 saturated heterocycles. The number of aryl methyl sites for hydroxylation is 3. The Morgan fingerprint density at radius 1 is 1.38 bits per heavy atom. The van der Waals surface area contributed by atoms with Gasteiger partial charge in [0, 0.05) is 50.3 Å². The first-order chi connectivity index (χ1) is 12.4. The SMILES string of the molecule is Cc1cc(CCC(=O)NC2CCC(C)N(c3cc(=O)n(C)cn3)C2)n[nH]1. The van der Waals surface area contributed by atoms with Crippen LogP contribution in [0.3, 0.4) is 0 Å². The number of carbonyl (C=O) groups excluding carboxylic acids is 1. The standard InChI is InChI=1S/C18H26N6O2/c1-12-8-14(22-21-12)6-7-17(25)20-15-5-4-13(2)24(10-15)16-9-18(26)23(3)11-19-16/h8-9,11,13,15H,4-7,10H2,1-3H3,(H,20,25)(H,21,22). The first kappa shape index (κ1) is 18.2. The molecule has 0 aromatic carbocycles. The lowest BCUT2D eigenvalue weighted by atomic mass is 9.99. The van der Waals surface area contributed by atoms with E-state index in [1.807, 2.05) is 13.0 Å². The Kier molecular flexibility index (Phi) is 5.39. The molecule has 3 heterocycles. The van der Waals surface area contributed by atoms with Crippen molar-refractivity contribution in [2.24, 2.45) is 7.05 Å². The van der Waals surface area contributed by atoms with E-state index in [0.29, 0.717) is 25.2 Å². The van der Waals surface area contributed by atoms with Gasteiger partial charge in [-0.1, -0.05) is 0 Å². The number of hydrogen-bond donors (Lipinski definition) is 2. The van der Waals surface area contributed by atoms with Crippen LogP contribution in [0.4, 0.5) is 5.82 Å². The summed E-state index contributed by atoms with van der Waals surface area (Å²) in [5.41, 5.74) is 1.82. The molecular formula is C18H26N6O2. The predicted molar refractivity (Wildman–Crippen MR) is 99.1 cm³/mol. The Hall–Kier alpha value is -2.64. The number of anilines is 1. The quantitative estimate of drug-likeness (QED) is 0.828. The molecule has 2 aromatic rings. The zero-order chi connectivity index (χ0) is 18.7. The number of rotatable bonds is 5. The van der Waals surface area contributed by atoms with Gasteiger partial charge in [0.2, 0.25) is 5.91 Å². The Morgan fingerprint density at radius 3 is 2.88 bits per heavy atom. The summed E-state index contributed by atoms with van der Waals surface area (Å²) in [5, 5.41) is 10.2. The van der Waals surface area contributed by atoms with Gasteiger partial charge in [-0.2, -0.15) is 5.10 Å². The summed E-state index contributed by atoms with van der Waals surface area (Å²) in [5.74, 6) is 0.702. The summed E-state index contributed by atoms with van der Waals surface area (Å²) < 4.78 is 1.45. The van der Waals surface area contributed by atoms with E-state index in [9.17, 15) is 9.59 Å². The molecule has 0 bridgehead atoms. The molecule has 1 aliphatic rings. The number of nitrogens with zero attached hydrogens (tertiary/aromatic N) is 4. The van der Waals surface area contributed by atoms with E-state index in [1.54, 1.807) is 19.4 Å². The third-order valence-corrected chi connectivity index (χ3v) is 4.87. The second-order valence-electron chi connectivity index (χ2n) is 7.08. The molecule has 26 heavy (non-hydrogen) atoms. The van der Waals surface area contributed by atoms with Crippen LogP contribution in [0.2, 0.25) is 0 Å². The zero-order valence-corrected chi connectivity index (χ0v) is 15.5. The molecule has 2 aromatic heterocycles. The fourth-order valence-corrected chi connectivity index (χ4v) is 3.30. The highest BCUT2D eigenvalue weighted by molar-refractivity contribution is 5.76. The summed E-state index contributed by atoms with van der Waals surface area (Å²) in [6.07, 6.45) is 4.45. The number of aromatic amines is 1. The van der Waals surface area contributed by atoms with E-state index in [-0.39, 0.29) is 23.6 Å². The summed E-state index contributed by atoms with van der Waals surface area (Å²) in [6.45, 7) is 4.73. The summed E-state index contributed by atoms with van der Waals surface area (Å²) in [6, 6.07) is 3.86. The average Bonchev–Trinajstić information content (AvgIpc) is 3.03. The maximum absolute atomic E-state index is 12.3. The molecule has 1 amide bonds. The minimum absolute atomic E-state index is 0.0297. The maximum atomic E-state index is 12.3. The predicted octanol–water partition coefficient (Wildman–Crippen LogP) is 0.918. The molecule has 140 valence electrons. The molecule has 2 atom stereocenters. The molecule has 8 nitrogen and oxygen atoms in total. The van der Waals surface area contributed by atoms with E-state index >= 15 is 0 Å². The molecule has 1 aliphatic heterocycles. The molecule has 0 spiro atoms. The molecule has 2 N–H and O–H groups in total. The highest BCUT2D eigenvalue weighted by atomic mass is 16.1. The van der Waals surface area contributed by atoms with Crippen LogP contribution in [0, 0.1) is 6.92 Å². The van der Waals surface area contributed by atoms with Crippen molar-refractivity contribution >= 4 is 11.7 Å². The van der Waals surface area contributed by atoms with Crippen molar-refractivity contribution in [2.45, 2.75) is 51.6 Å².